The molecule has 2 saturated heterocycles. The maximum absolute atomic E-state index is 13.1. The molecule has 0 atom stereocenters. The van der Waals surface area contributed by atoms with Crippen LogP contribution in [-0.2, 0) is 11.3 Å². The number of piperidine rings is 1. The van der Waals surface area contributed by atoms with Gasteiger partial charge in [-0.3, -0.25) is 14.5 Å². The molecular formula is C23H21FN4O3. The van der Waals surface area contributed by atoms with E-state index < -0.39 is 11.6 Å². The van der Waals surface area contributed by atoms with Crippen LogP contribution >= 0.6 is 0 Å². The Balaban J connectivity index is 1.29. The van der Waals surface area contributed by atoms with Crippen LogP contribution in [0, 0.1) is 5.82 Å². The van der Waals surface area contributed by atoms with Crippen molar-refractivity contribution in [2.24, 2.45) is 0 Å². The van der Waals surface area contributed by atoms with Gasteiger partial charge in [0.2, 0.25) is 0 Å². The molecule has 1 spiro atoms. The van der Waals surface area contributed by atoms with Crippen molar-refractivity contribution in [3.05, 3.63) is 71.7 Å². The van der Waals surface area contributed by atoms with Crippen LogP contribution in [0.2, 0.25) is 0 Å². The largest absolute Gasteiger partial charge is 0.361 e. The normalized spacial score (nSPS) is 18.1. The van der Waals surface area contributed by atoms with Crippen molar-refractivity contribution in [2.75, 3.05) is 13.1 Å². The summed E-state index contributed by atoms with van der Waals surface area (Å²) in [4.78, 5) is 44.7. The summed E-state index contributed by atoms with van der Waals surface area (Å²) in [5.74, 6) is -0.744. The molecule has 2 aliphatic heterocycles. The SMILES string of the molecule is O=C(c1cccc2[nH]ccc12)N1CCC2(CC1)NC(=O)N(Cc1ccc(F)cc1)C2=O. The number of urea groups is 1. The molecule has 7 nitrogen and oxygen atoms in total. The van der Waals surface area contributed by atoms with Crippen molar-refractivity contribution in [3.63, 3.8) is 0 Å². The predicted octanol–water partition coefficient (Wildman–Crippen LogP) is 3.03. The number of nitrogens with zero attached hydrogens (tertiary/aromatic N) is 2. The highest BCUT2D eigenvalue weighted by Crippen LogP contribution is 2.31. The molecule has 2 fully saturated rings. The number of aromatic amines is 1. The number of H-pyrrole nitrogens is 1. The Kier molecular flexibility index (Phi) is 4.50. The van der Waals surface area contributed by atoms with Gasteiger partial charge in [-0.05, 0) is 48.7 Å². The summed E-state index contributed by atoms with van der Waals surface area (Å²) in [6.07, 6.45) is 2.51. The molecule has 2 aliphatic rings. The molecule has 2 N–H and O–H groups in total. The first-order chi connectivity index (χ1) is 15.0. The molecule has 5 rings (SSSR count). The number of hydrogen-bond donors (Lipinski definition) is 2. The molecule has 31 heavy (non-hydrogen) atoms. The van der Waals surface area contributed by atoms with Crippen LogP contribution in [0.15, 0.2) is 54.7 Å². The molecule has 158 valence electrons. The third-order valence-electron chi connectivity index (χ3n) is 6.23. The average Bonchev–Trinajstić information content (AvgIpc) is 3.34. The zero-order valence-corrected chi connectivity index (χ0v) is 16.7. The molecule has 2 aromatic carbocycles. The number of fused-ring (bicyclic) bond motifs is 1. The fourth-order valence-electron chi connectivity index (χ4n) is 4.46. The van der Waals surface area contributed by atoms with E-state index >= 15 is 0 Å². The minimum atomic E-state index is -0.992. The lowest BCUT2D eigenvalue weighted by molar-refractivity contribution is -0.133. The van der Waals surface area contributed by atoms with E-state index in [1.54, 1.807) is 29.3 Å². The quantitative estimate of drug-likeness (QED) is 0.639. The summed E-state index contributed by atoms with van der Waals surface area (Å²) >= 11 is 0. The molecule has 0 aliphatic carbocycles. The molecule has 4 amide bonds. The highest BCUT2D eigenvalue weighted by molar-refractivity contribution is 6.08. The summed E-state index contributed by atoms with van der Waals surface area (Å²) in [6, 6.07) is 12.7. The highest BCUT2D eigenvalue weighted by atomic mass is 19.1. The molecule has 0 radical (unpaired) electrons. The zero-order valence-electron chi connectivity index (χ0n) is 16.7. The van der Waals surface area contributed by atoms with E-state index in [0.717, 1.165) is 10.9 Å². The first kappa shape index (κ1) is 19.3. The minimum absolute atomic E-state index is 0.0833. The first-order valence-corrected chi connectivity index (χ1v) is 10.2. The fraction of sp³-hybridized carbons (Fsp3) is 0.261. The van der Waals surface area contributed by atoms with Crippen molar-refractivity contribution in [1.82, 2.24) is 20.1 Å². The van der Waals surface area contributed by atoms with Crippen molar-refractivity contribution in [1.29, 1.82) is 0 Å². The van der Waals surface area contributed by atoms with Gasteiger partial charge in [-0.1, -0.05) is 18.2 Å². The molecule has 8 heteroatoms. The summed E-state index contributed by atoms with van der Waals surface area (Å²) in [6.45, 7) is 0.830. The Hall–Kier alpha value is -3.68. The highest BCUT2D eigenvalue weighted by Gasteiger charge is 2.52. The summed E-state index contributed by atoms with van der Waals surface area (Å²) in [5, 5.41) is 3.71. The van der Waals surface area contributed by atoms with E-state index in [1.165, 1.54) is 17.0 Å². The smallest absolute Gasteiger partial charge is 0.325 e. The Labute approximate surface area is 177 Å². The van der Waals surface area contributed by atoms with Gasteiger partial charge in [0.1, 0.15) is 11.4 Å². The summed E-state index contributed by atoms with van der Waals surface area (Å²) < 4.78 is 13.1. The van der Waals surface area contributed by atoms with Crippen molar-refractivity contribution < 1.29 is 18.8 Å². The van der Waals surface area contributed by atoms with Gasteiger partial charge in [-0.2, -0.15) is 0 Å². The number of carbonyl (C=O) groups excluding carboxylic acids is 3. The zero-order chi connectivity index (χ0) is 21.6. The van der Waals surface area contributed by atoms with Crippen LogP contribution in [0.1, 0.15) is 28.8 Å². The number of benzene rings is 2. The Morgan fingerprint density at radius 3 is 2.52 bits per heavy atom. The lowest BCUT2D eigenvalue weighted by Gasteiger charge is -2.37. The molecular weight excluding hydrogens is 399 g/mol. The van der Waals surface area contributed by atoms with E-state index in [1.807, 2.05) is 18.2 Å². The van der Waals surface area contributed by atoms with Crippen molar-refractivity contribution in [3.8, 4) is 0 Å². The van der Waals surface area contributed by atoms with Crippen molar-refractivity contribution in [2.45, 2.75) is 24.9 Å². The monoisotopic (exact) mass is 420 g/mol. The number of aromatic nitrogens is 1. The number of imide groups is 1. The first-order valence-electron chi connectivity index (χ1n) is 10.2. The van der Waals surface area contributed by atoms with Crippen molar-refractivity contribution >= 4 is 28.7 Å². The number of rotatable bonds is 3. The van der Waals surface area contributed by atoms with E-state index in [0.29, 0.717) is 37.1 Å². The Bertz CT molecular complexity index is 1180. The van der Waals surface area contributed by atoms with Gasteiger partial charge in [-0.15, -0.1) is 0 Å². The van der Waals surface area contributed by atoms with Gasteiger partial charge in [-0.25, -0.2) is 9.18 Å². The lowest BCUT2D eigenvalue weighted by Crippen LogP contribution is -2.55. The molecule has 0 unspecified atom stereocenters. The van der Waals surface area contributed by atoms with Crippen LogP contribution in [0.25, 0.3) is 10.9 Å². The molecule has 1 aromatic heterocycles. The third kappa shape index (κ3) is 3.24. The molecule has 3 heterocycles. The molecule has 0 bridgehead atoms. The number of amides is 4. The van der Waals surface area contributed by atoms with Crippen LogP contribution in [0.5, 0.6) is 0 Å². The van der Waals surface area contributed by atoms with Crippen LogP contribution < -0.4 is 5.32 Å². The number of nitrogens with one attached hydrogen (secondary N) is 2. The van der Waals surface area contributed by atoms with Gasteiger partial charge < -0.3 is 15.2 Å². The number of hydrogen-bond acceptors (Lipinski definition) is 3. The Morgan fingerprint density at radius 1 is 1.03 bits per heavy atom. The van der Waals surface area contributed by atoms with Gasteiger partial charge in [0, 0.05) is 35.8 Å². The standard InChI is InChI=1S/C23H21FN4O3/c24-16-6-4-15(5-7-16)14-28-21(30)23(26-22(28)31)9-12-27(13-10-23)20(29)18-2-1-3-19-17(18)8-11-25-19/h1-8,11,25H,9-10,12-14H2,(H,26,31). The number of likely N-dealkylation sites (tertiary alicyclic amines) is 1. The number of halogens is 1. The van der Waals surface area contributed by atoms with E-state index in [2.05, 4.69) is 10.3 Å². The summed E-state index contributed by atoms with van der Waals surface area (Å²) in [5.41, 5.74) is 1.20. The van der Waals surface area contributed by atoms with E-state index in [9.17, 15) is 18.8 Å². The topological polar surface area (TPSA) is 85.5 Å². The predicted molar refractivity (Wildman–Crippen MR) is 112 cm³/mol. The van der Waals surface area contributed by atoms with Crippen LogP contribution in [0.4, 0.5) is 9.18 Å². The number of carbonyl (C=O) groups is 3. The molecule has 3 aromatic rings. The van der Waals surface area contributed by atoms with Gasteiger partial charge in [0.05, 0.1) is 6.54 Å². The fourth-order valence-corrected chi connectivity index (χ4v) is 4.46. The van der Waals surface area contributed by atoms with Crippen LogP contribution in [-0.4, -0.2) is 51.3 Å². The van der Waals surface area contributed by atoms with Gasteiger partial charge in [0.25, 0.3) is 11.8 Å². The third-order valence-corrected chi connectivity index (χ3v) is 6.23. The second-order valence-electron chi connectivity index (χ2n) is 8.07. The minimum Gasteiger partial charge on any atom is -0.361 e. The second kappa shape index (κ2) is 7.23. The van der Waals surface area contributed by atoms with E-state index in [-0.39, 0.29) is 24.2 Å². The molecule has 0 saturated carbocycles. The lowest BCUT2D eigenvalue weighted by atomic mass is 9.87. The average molecular weight is 420 g/mol. The maximum Gasteiger partial charge on any atom is 0.325 e. The maximum atomic E-state index is 13.1. The second-order valence-corrected chi connectivity index (χ2v) is 8.07. The summed E-state index contributed by atoms with van der Waals surface area (Å²) in [7, 11) is 0. The van der Waals surface area contributed by atoms with Crippen LogP contribution in [0.3, 0.4) is 0 Å². The van der Waals surface area contributed by atoms with Gasteiger partial charge >= 0.3 is 6.03 Å². The van der Waals surface area contributed by atoms with Gasteiger partial charge in [0.15, 0.2) is 0 Å². The van der Waals surface area contributed by atoms with E-state index in [4.69, 9.17) is 0 Å². The Morgan fingerprint density at radius 2 is 1.77 bits per heavy atom.